The molecule has 1 aliphatic rings. The molecule has 10 heavy (non-hydrogen) atoms. The maximum Gasteiger partial charge on any atom is 0.0497 e. The predicted molar refractivity (Wildman–Crippen MR) is 42.9 cm³/mol. The van der Waals surface area contributed by atoms with Crippen molar-refractivity contribution < 1.29 is 4.74 Å². The number of hydrogen-bond acceptors (Lipinski definition) is 1. The highest BCUT2D eigenvalue weighted by Crippen LogP contribution is 2.26. The van der Waals surface area contributed by atoms with Crippen LogP contribution in [0.3, 0.4) is 0 Å². The lowest BCUT2D eigenvalue weighted by atomic mass is 9.85. The Hall–Kier alpha value is -0.0400. The Labute approximate surface area is 63.8 Å². The maximum atomic E-state index is 5.33. The molecule has 0 radical (unpaired) electrons. The van der Waals surface area contributed by atoms with Crippen molar-refractivity contribution in [2.24, 2.45) is 17.8 Å². The number of ether oxygens (including phenoxy) is 1. The molecule has 0 aromatic rings. The molecule has 0 amide bonds. The van der Waals surface area contributed by atoms with Crippen LogP contribution in [0.5, 0.6) is 0 Å². The zero-order chi connectivity index (χ0) is 7.56. The molecule has 0 aromatic heterocycles. The fourth-order valence-electron chi connectivity index (χ4n) is 1.51. The summed E-state index contributed by atoms with van der Waals surface area (Å²) in [6.45, 7) is 8.91. The second-order valence-corrected chi connectivity index (χ2v) is 3.73. The summed E-state index contributed by atoms with van der Waals surface area (Å²) < 4.78 is 5.33. The van der Waals surface area contributed by atoms with Crippen LogP contribution in [0.4, 0.5) is 0 Å². The average molecular weight is 142 g/mol. The first kappa shape index (κ1) is 8.06. The maximum absolute atomic E-state index is 5.33. The molecule has 1 fully saturated rings. The highest BCUT2D eigenvalue weighted by atomic mass is 16.5. The molecule has 0 unspecified atom stereocenters. The number of hydrogen-bond donors (Lipinski definition) is 0. The second kappa shape index (κ2) is 3.38. The molecule has 1 heteroatoms. The minimum atomic E-state index is 0.812. The van der Waals surface area contributed by atoms with Crippen LogP contribution in [-0.2, 0) is 4.74 Å². The van der Waals surface area contributed by atoms with Gasteiger partial charge in [0.15, 0.2) is 0 Å². The summed E-state index contributed by atoms with van der Waals surface area (Å²) >= 11 is 0. The van der Waals surface area contributed by atoms with Crippen molar-refractivity contribution >= 4 is 0 Å². The van der Waals surface area contributed by atoms with Gasteiger partial charge in [0, 0.05) is 13.2 Å². The van der Waals surface area contributed by atoms with Gasteiger partial charge in [-0.3, -0.25) is 0 Å². The third kappa shape index (κ3) is 1.72. The van der Waals surface area contributed by atoms with Crippen molar-refractivity contribution in [3.8, 4) is 0 Å². The van der Waals surface area contributed by atoms with E-state index < -0.39 is 0 Å². The SMILES string of the molecule is CC(C)[C@H](C)[C@H]1CCOC1. The fourth-order valence-corrected chi connectivity index (χ4v) is 1.51. The van der Waals surface area contributed by atoms with Crippen molar-refractivity contribution in [3.05, 3.63) is 0 Å². The van der Waals surface area contributed by atoms with Gasteiger partial charge in [0.1, 0.15) is 0 Å². The van der Waals surface area contributed by atoms with E-state index in [0.29, 0.717) is 0 Å². The standard InChI is InChI=1S/C9H18O/c1-7(2)8(3)9-4-5-10-6-9/h7-9H,4-6H2,1-3H3/t8-,9-/m0/s1. The lowest BCUT2D eigenvalue weighted by molar-refractivity contribution is 0.164. The van der Waals surface area contributed by atoms with Crippen molar-refractivity contribution in [2.45, 2.75) is 27.2 Å². The van der Waals surface area contributed by atoms with Gasteiger partial charge in [-0.05, 0) is 24.2 Å². The number of rotatable bonds is 2. The van der Waals surface area contributed by atoms with Gasteiger partial charge in [-0.2, -0.15) is 0 Å². The van der Waals surface area contributed by atoms with Crippen LogP contribution in [-0.4, -0.2) is 13.2 Å². The molecule has 60 valence electrons. The largest absolute Gasteiger partial charge is 0.381 e. The first-order valence-electron chi connectivity index (χ1n) is 4.29. The summed E-state index contributed by atoms with van der Waals surface area (Å²) in [5.41, 5.74) is 0. The van der Waals surface area contributed by atoms with Gasteiger partial charge in [0.25, 0.3) is 0 Å². The third-order valence-corrected chi connectivity index (χ3v) is 2.76. The molecule has 1 saturated heterocycles. The molecule has 0 bridgehead atoms. The highest BCUT2D eigenvalue weighted by Gasteiger charge is 2.23. The predicted octanol–water partition coefficient (Wildman–Crippen LogP) is 2.32. The molecule has 1 nitrogen and oxygen atoms in total. The lowest BCUT2D eigenvalue weighted by Crippen LogP contribution is -2.16. The first-order chi connectivity index (χ1) is 4.72. The van der Waals surface area contributed by atoms with Gasteiger partial charge in [0.05, 0.1) is 0 Å². The molecule has 0 aliphatic carbocycles. The Morgan fingerprint density at radius 2 is 2.00 bits per heavy atom. The summed E-state index contributed by atoms with van der Waals surface area (Å²) in [5, 5.41) is 0. The Bertz CT molecular complexity index is 92.9. The van der Waals surface area contributed by atoms with Crippen LogP contribution >= 0.6 is 0 Å². The molecule has 0 saturated carbocycles. The second-order valence-electron chi connectivity index (χ2n) is 3.73. The van der Waals surface area contributed by atoms with E-state index in [4.69, 9.17) is 4.74 Å². The smallest absolute Gasteiger partial charge is 0.0497 e. The van der Waals surface area contributed by atoms with Crippen LogP contribution < -0.4 is 0 Å². The quantitative estimate of drug-likeness (QED) is 0.575. The monoisotopic (exact) mass is 142 g/mol. The van der Waals surface area contributed by atoms with E-state index in [1.54, 1.807) is 0 Å². The van der Waals surface area contributed by atoms with Crippen LogP contribution in [0.25, 0.3) is 0 Å². The van der Waals surface area contributed by atoms with Crippen molar-refractivity contribution in [2.75, 3.05) is 13.2 Å². The summed E-state index contributed by atoms with van der Waals surface area (Å²) in [5.74, 6) is 2.48. The van der Waals surface area contributed by atoms with E-state index in [1.165, 1.54) is 6.42 Å². The van der Waals surface area contributed by atoms with Crippen molar-refractivity contribution in [1.82, 2.24) is 0 Å². The van der Waals surface area contributed by atoms with Gasteiger partial charge >= 0.3 is 0 Å². The van der Waals surface area contributed by atoms with Gasteiger partial charge in [0.2, 0.25) is 0 Å². The van der Waals surface area contributed by atoms with Crippen LogP contribution in [0.1, 0.15) is 27.2 Å². The van der Waals surface area contributed by atoms with Gasteiger partial charge in [-0.25, -0.2) is 0 Å². The van der Waals surface area contributed by atoms with E-state index in [1.807, 2.05) is 0 Å². The summed E-state index contributed by atoms with van der Waals surface area (Å²) in [6, 6.07) is 0. The van der Waals surface area contributed by atoms with Crippen LogP contribution in [0.15, 0.2) is 0 Å². The van der Waals surface area contributed by atoms with Crippen molar-refractivity contribution in [3.63, 3.8) is 0 Å². The third-order valence-electron chi connectivity index (χ3n) is 2.76. The molecule has 1 heterocycles. The molecule has 1 rings (SSSR count). The van der Waals surface area contributed by atoms with Crippen LogP contribution in [0.2, 0.25) is 0 Å². The van der Waals surface area contributed by atoms with E-state index in [0.717, 1.165) is 31.0 Å². The summed E-state index contributed by atoms with van der Waals surface area (Å²) in [4.78, 5) is 0. The molecule has 0 spiro atoms. The van der Waals surface area contributed by atoms with E-state index in [9.17, 15) is 0 Å². The fraction of sp³-hybridized carbons (Fsp3) is 1.00. The van der Waals surface area contributed by atoms with Gasteiger partial charge in [-0.15, -0.1) is 0 Å². The Balaban J connectivity index is 2.32. The molecule has 0 aromatic carbocycles. The van der Waals surface area contributed by atoms with Gasteiger partial charge < -0.3 is 4.74 Å². The average Bonchev–Trinajstić information content (AvgIpc) is 2.36. The molecular weight excluding hydrogens is 124 g/mol. The molecule has 2 atom stereocenters. The summed E-state index contributed by atoms with van der Waals surface area (Å²) in [6.07, 6.45) is 1.28. The Morgan fingerprint density at radius 1 is 1.30 bits per heavy atom. The Morgan fingerprint density at radius 3 is 2.40 bits per heavy atom. The summed E-state index contributed by atoms with van der Waals surface area (Å²) in [7, 11) is 0. The zero-order valence-corrected chi connectivity index (χ0v) is 7.26. The minimum absolute atomic E-state index is 0.812. The lowest BCUT2D eigenvalue weighted by Gasteiger charge is -2.20. The molecular formula is C9H18O. The van der Waals surface area contributed by atoms with Crippen LogP contribution in [0, 0.1) is 17.8 Å². The molecule has 0 N–H and O–H groups in total. The Kier molecular flexibility index (Phi) is 2.72. The normalized spacial score (nSPS) is 29.4. The molecule has 1 aliphatic heterocycles. The minimum Gasteiger partial charge on any atom is -0.381 e. The van der Waals surface area contributed by atoms with E-state index in [2.05, 4.69) is 20.8 Å². The first-order valence-corrected chi connectivity index (χ1v) is 4.29. The van der Waals surface area contributed by atoms with Gasteiger partial charge in [-0.1, -0.05) is 20.8 Å². The van der Waals surface area contributed by atoms with E-state index >= 15 is 0 Å². The van der Waals surface area contributed by atoms with E-state index in [-0.39, 0.29) is 0 Å². The van der Waals surface area contributed by atoms with Crippen molar-refractivity contribution in [1.29, 1.82) is 0 Å². The highest BCUT2D eigenvalue weighted by molar-refractivity contribution is 4.72. The zero-order valence-electron chi connectivity index (χ0n) is 7.26. The topological polar surface area (TPSA) is 9.23 Å².